The Morgan fingerprint density at radius 1 is 0.968 bits per heavy atom. The molecule has 1 aliphatic heterocycles. The fourth-order valence-corrected chi connectivity index (χ4v) is 4.83. The van der Waals surface area contributed by atoms with E-state index in [9.17, 15) is 14.0 Å². The second kappa shape index (κ2) is 9.79. The van der Waals surface area contributed by atoms with E-state index >= 15 is 0 Å². The summed E-state index contributed by atoms with van der Waals surface area (Å²) in [7, 11) is 0. The SMILES string of the molecule is O=C(Nc1ccc(Cl)cc1)[C@H](C1CCCC1)N1CCN(C(=O)c2ccccc2F)CC1. The van der Waals surface area contributed by atoms with Crippen molar-refractivity contribution in [1.82, 2.24) is 9.80 Å². The molecule has 0 bridgehead atoms. The quantitative estimate of drug-likeness (QED) is 0.743. The highest BCUT2D eigenvalue weighted by Crippen LogP contribution is 2.32. The van der Waals surface area contributed by atoms with Gasteiger partial charge in [-0.25, -0.2) is 4.39 Å². The molecule has 1 atom stereocenters. The molecule has 1 heterocycles. The number of benzene rings is 2. The highest BCUT2D eigenvalue weighted by atomic mass is 35.5. The van der Waals surface area contributed by atoms with Crippen LogP contribution in [0.4, 0.5) is 10.1 Å². The Kier molecular flexibility index (Phi) is 6.88. The summed E-state index contributed by atoms with van der Waals surface area (Å²) in [6, 6.07) is 13.0. The van der Waals surface area contributed by atoms with Gasteiger partial charge in [-0.1, -0.05) is 36.6 Å². The smallest absolute Gasteiger partial charge is 0.256 e. The van der Waals surface area contributed by atoms with Gasteiger partial charge in [0.2, 0.25) is 5.91 Å². The second-order valence-corrected chi connectivity index (χ2v) is 8.73. The van der Waals surface area contributed by atoms with E-state index in [1.54, 1.807) is 41.3 Å². The summed E-state index contributed by atoms with van der Waals surface area (Å²) in [5.74, 6) is -0.494. The van der Waals surface area contributed by atoms with E-state index in [2.05, 4.69) is 10.2 Å². The molecule has 1 N–H and O–H groups in total. The van der Waals surface area contributed by atoms with E-state index in [1.807, 2.05) is 0 Å². The van der Waals surface area contributed by atoms with Gasteiger partial charge in [0.25, 0.3) is 5.91 Å². The predicted molar refractivity (Wildman–Crippen MR) is 120 cm³/mol. The van der Waals surface area contributed by atoms with Gasteiger partial charge in [0.05, 0.1) is 11.6 Å². The molecular weight excluding hydrogens is 417 g/mol. The first-order chi connectivity index (χ1) is 15.0. The van der Waals surface area contributed by atoms with Crippen LogP contribution in [-0.2, 0) is 4.79 Å². The van der Waals surface area contributed by atoms with Crippen LogP contribution in [0, 0.1) is 11.7 Å². The average molecular weight is 444 g/mol. The number of hydrogen-bond acceptors (Lipinski definition) is 3. The molecule has 2 aromatic carbocycles. The summed E-state index contributed by atoms with van der Waals surface area (Å²) in [6.45, 7) is 2.14. The Morgan fingerprint density at radius 2 is 1.61 bits per heavy atom. The van der Waals surface area contributed by atoms with Crippen LogP contribution in [0.1, 0.15) is 36.0 Å². The number of amides is 2. The molecule has 2 amide bonds. The van der Waals surface area contributed by atoms with Gasteiger partial charge in [-0.05, 0) is 55.2 Å². The number of rotatable bonds is 5. The summed E-state index contributed by atoms with van der Waals surface area (Å²) in [6.07, 6.45) is 4.35. The largest absolute Gasteiger partial charge is 0.336 e. The molecule has 0 aromatic heterocycles. The predicted octanol–water partition coefficient (Wildman–Crippen LogP) is 4.43. The molecule has 164 valence electrons. The van der Waals surface area contributed by atoms with Gasteiger partial charge in [-0.15, -0.1) is 0 Å². The average Bonchev–Trinajstić information content (AvgIpc) is 3.30. The zero-order valence-corrected chi connectivity index (χ0v) is 18.2. The fraction of sp³-hybridized carbons (Fsp3) is 0.417. The minimum atomic E-state index is -0.499. The van der Waals surface area contributed by atoms with Crippen LogP contribution >= 0.6 is 11.6 Å². The molecule has 2 aromatic rings. The van der Waals surface area contributed by atoms with Gasteiger partial charge in [0.15, 0.2) is 0 Å². The standard InChI is InChI=1S/C24H27ClFN3O2/c25-18-9-11-19(12-10-18)27-23(30)22(17-5-1-2-6-17)28-13-15-29(16-14-28)24(31)20-7-3-4-8-21(20)26/h3-4,7-12,17,22H,1-2,5-6,13-16H2,(H,27,30)/t22-/m0/s1. The molecule has 31 heavy (non-hydrogen) atoms. The normalized spacial score (nSPS) is 18.7. The van der Waals surface area contributed by atoms with Gasteiger partial charge in [0, 0.05) is 36.9 Å². The number of nitrogens with one attached hydrogen (secondary N) is 1. The fourth-order valence-electron chi connectivity index (χ4n) is 4.71. The number of piperazine rings is 1. The van der Waals surface area contributed by atoms with Crippen LogP contribution in [0.3, 0.4) is 0 Å². The molecule has 5 nitrogen and oxygen atoms in total. The first-order valence-electron chi connectivity index (χ1n) is 10.9. The minimum Gasteiger partial charge on any atom is -0.336 e. The van der Waals surface area contributed by atoms with Crippen LogP contribution in [0.15, 0.2) is 48.5 Å². The zero-order valence-electron chi connectivity index (χ0n) is 17.4. The molecule has 0 unspecified atom stereocenters. The number of nitrogens with zero attached hydrogens (tertiary/aromatic N) is 2. The van der Waals surface area contributed by atoms with Crippen LogP contribution in [-0.4, -0.2) is 53.8 Å². The van der Waals surface area contributed by atoms with E-state index in [-0.39, 0.29) is 23.4 Å². The molecule has 1 saturated heterocycles. The lowest BCUT2D eigenvalue weighted by atomic mass is 9.94. The van der Waals surface area contributed by atoms with Crippen LogP contribution in [0.25, 0.3) is 0 Å². The van der Waals surface area contributed by atoms with Crippen molar-refractivity contribution in [2.24, 2.45) is 5.92 Å². The molecular formula is C24H27ClFN3O2. The van der Waals surface area contributed by atoms with Gasteiger partial charge in [0.1, 0.15) is 5.82 Å². The van der Waals surface area contributed by atoms with Crippen LogP contribution in [0.5, 0.6) is 0 Å². The van der Waals surface area contributed by atoms with Crippen molar-refractivity contribution >= 4 is 29.1 Å². The molecule has 0 radical (unpaired) electrons. The molecule has 2 aliphatic rings. The molecule has 1 saturated carbocycles. The maximum atomic E-state index is 14.0. The van der Waals surface area contributed by atoms with Crippen molar-refractivity contribution in [2.75, 3.05) is 31.5 Å². The number of hydrogen-bond donors (Lipinski definition) is 1. The first-order valence-corrected chi connectivity index (χ1v) is 11.2. The Morgan fingerprint density at radius 3 is 2.26 bits per heavy atom. The van der Waals surface area contributed by atoms with Gasteiger partial charge >= 0.3 is 0 Å². The summed E-state index contributed by atoms with van der Waals surface area (Å²) in [5.41, 5.74) is 0.828. The van der Waals surface area contributed by atoms with Crippen LogP contribution in [0.2, 0.25) is 5.02 Å². The highest BCUT2D eigenvalue weighted by Gasteiger charge is 2.37. The van der Waals surface area contributed by atoms with Crippen molar-refractivity contribution in [3.8, 4) is 0 Å². The summed E-state index contributed by atoms with van der Waals surface area (Å²) >= 11 is 5.95. The van der Waals surface area contributed by atoms with Crippen molar-refractivity contribution in [1.29, 1.82) is 0 Å². The number of carbonyl (C=O) groups excluding carboxylic acids is 2. The lowest BCUT2D eigenvalue weighted by Gasteiger charge is -2.40. The number of anilines is 1. The number of halogens is 2. The monoisotopic (exact) mass is 443 g/mol. The third-order valence-electron chi connectivity index (χ3n) is 6.33. The van der Waals surface area contributed by atoms with Gasteiger partial charge in [-0.2, -0.15) is 0 Å². The minimum absolute atomic E-state index is 0.0110. The lowest BCUT2D eigenvalue weighted by Crippen LogP contribution is -2.57. The van der Waals surface area contributed by atoms with E-state index in [0.717, 1.165) is 31.4 Å². The Labute approximate surface area is 187 Å². The van der Waals surface area contributed by atoms with Crippen molar-refractivity contribution in [2.45, 2.75) is 31.7 Å². The lowest BCUT2D eigenvalue weighted by molar-refractivity contribution is -0.123. The second-order valence-electron chi connectivity index (χ2n) is 8.29. The topological polar surface area (TPSA) is 52.7 Å². The molecule has 0 spiro atoms. The first kappa shape index (κ1) is 21.8. The highest BCUT2D eigenvalue weighted by molar-refractivity contribution is 6.30. The maximum Gasteiger partial charge on any atom is 0.256 e. The summed E-state index contributed by atoms with van der Waals surface area (Å²) in [5, 5.41) is 3.67. The van der Waals surface area contributed by atoms with E-state index < -0.39 is 5.82 Å². The Hall–Kier alpha value is -2.44. The summed E-state index contributed by atoms with van der Waals surface area (Å²) in [4.78, 5) is 29.8. The zero-order chi connectivity index (χ0) is 21.8. The molecule has 7 heteroatoms. The molecule has 2 fully saturated rings. The Bertz CT molecular complexity index is 923. The number of carbonyl (C=O) groups is 2. The van der Waals surface area contributed by atoms with E-state index in [0.29, 0.717) is 37.1 Å². The maximum absolute atomic E-state index is 14.0. The van der Waals surface area contributed by atoms with Crippen molar-refractivity contribution in [3.05, 3.63) is 64.9 Å². The Balaban J connectivity index is 1.43. The van der Waals surface area contributed by atoms with Gasteiger partial charge < -0.3 is 10.2 Å². The third-order valence-corrected chi connectivity index (χ3v) is 6.58. The van der Waals surface area contributed by atoms with E-state index in [1.165, 1.54) is 12.1 Å². The van der Waals surface area contributed by atoms with Gasteiger partial charge in [-0.3, -0.25) is 14.5 Å². The van der Waals surface area contributed by atoms with Crippen molar-refractivity contribution in [3.63, 3.8) is 0 Å². The molecule has 4 rings (SSSR count). The van der Waals surface area contributed by atoms with E-state index in [4.69, 9.17) is 11.6 Å². The van der Waals surface area contributed by atoms with Crippen LogP contribution < -0.4 is 5.32 Å². The third kappa shape index (κ3) is 5.08. The molecule has 1 aliphatic carbocycles. The summed E-state index contributed by atoms with van der Waals surface area (Å²) < 4.78 is 14.0. The van der Waals surface area contributed by atoms with Crippen molar-refractivity contribution < 1.29 is 14.0 Å².